The molecule has 1 atom stereocenters. The second kappa shape index (κ2) is 8.09. The van der Waals surface area contributed by atoms with Gasteiger partial charge in [-0.2, -0.15) is 0 Å². The minimum absolute atomic E-state index is 0.454. The second-order valence-corrected chi connectivity index (χ2v) is 6.18. The lowest BCUT2D eigenvalue weighted by Gasteiger charge is -2.19. The van der Waals surface area contributed by atoms with Crippen LogP contribution in [0, 0.1) is 0 Å². The number of carbonyl (C=O) groups excluding carboxylic acids is 2. The van der Waals surface area contributed by atoms with Crippen LogP contribution >= 0.6 is 15.9 Å². The van der Waals surface area contributed by atoms with Crippen molar-refractivity contribution in [2.75, 3.05) is 18.5 Å². The predicted molar refractivity (Wildman–Crippen MR) is 97.1 cm³/mol. The summed E-state index contributed by atoms with van der Waals surface area (Å²) in [4.78, 5) is 24.0. The van der Waals surface area contributed by atoms with E-state index in [0.717, 1.165) is 0 Å². The summed E-state index contributed by atoms with van der Waals surface area (Å²) in [5.41, 5.74) is 0.526. The number of nitrogens with one attached hydrogen (secondary N) is 1. The number of hydrogen-bond donors (Lipinski definition) is 1. The molecule has 0 unspecified atom stereocenters. The molecule has 1 aliphatic heterocycles. The van der Waals surface area contributed by atoms with E-state index in [4.69, 9.17) is 18.6 Å². The molecule has 8 heteroatoms. The Bertz CT molecular complexity index is 844. The number of amides is 1. The Morgan fingerprint density at radius 3 is 2.69 bits per heavy atom. The van der Waals surface area contributed by atoms with Crippen molar-refractivity contribution in [3.05, 3.63) is 46.8 Å². The van der Waals surface area contributed by atoms with E-state index in [1.165, 1.54) is 19.1 Å². The van der Waals surface area contributed by atoms with Crippen LogP contribution in [0.2, 0.25) is 0 Å². The first kappa shape index (κ1) is 18.1. The van der Waals surface area contributed by atoms with Crippen molar-refractivity contribution in [3.8, 4) is 11.5 Å². The van der Waals surface area contributed by atoms with Crippen LogP contribution in [0.1, 0.15) is 12.7 Å². The van der Waals surface area contributed by atoms with Gasteiger partial charge in [0.15, 0.2) is 22.3 Å². The summed E-state index contributed by atoms with van der Waals surface area (Å²) in [5, 5.41) is 2.67. The molecule has 0 bridgehead atoms. The number of halogens is 1. The SMILES string of the molecule is C[C@H](OC(=O)/C=C/c1ccc(Br)o1)C(=O)Nc1ccc2c(c1)OCCO2. The summed E-state index contributed by atoms with van der Waals surface area (Å²) in [7, 11) is 0. The smallest absolute Gasteiger partial charge is 0.331 e. The lowest BCUT2D eigenvalue weighted by atomic mass is 10.2. The van der Waals surface area contributed by atoms with Crippen LogP contribution in [-0.2, 0) is 14.3 Å². The number of esters is 1. The van der Waals surface area contributed by atoms with Crippen LogP contribution in [0.15, 0.2) is 45.5 Å². The Labute approximate surface area is 158 Å². The molecule has 0 saturated heterocycles. The Hall–Kier alpha value is -2.74. The van der Waals surface area contributed by atoms with Crippen LogP contribution in [0.25, 0.3) is 6.08 Å². The Morgan fingerprint density at radius 1 is 1.19 bits per heavy atom. The summed E-state index contributed by atoms with van der Waals surface area (Å²) in [6.45, 7) is 2.44. The maximum absolute atomic E-state index is 12.2. The van der Waals surface area contributed by atoms with Crippen molar-refractivity contribution in [3.63, 3.8) is 0 Å². The van der Waals surface area contributed by atoms with Gasteiger partial charge in [-0.25, -0.2) is 4.79 Å². The van der Waals surface area contributed by atoms with E-state index < -0.39 is 18.0 Å². The fraction of sp³-hybridized carbons (Fsp3) is 0.222. The van der Waals surface area contributed by atoms with Gasteiger partial charge in [0.1, 0.15) is 19.0 Å². The Kier molecular flexibility index (Phi) is 5.62. The molecular formula is C18H16BrNO6. The van der Waals surface area contributed by atoms with Crippen molar-refractivity contribution in [2.24, 2.45) is 0 Å². The zero-order valence-corrected chi connectivity index (χ0v) is 15.4. The standard InChI is InChI=1S/C18H16BrNO6/c1-11(25-17(21)7-4-13-3-6-16(19)26-13)18(22)20-12-2-5-14-15(10-12)24-9-8-23-14/h2-7,10-11H,8-9H2,1H3,(H,20,22)/b7-4+/t11-/m0/s1. The molecule has 26 heavy (non-hydrogen) atoms. The number of fused-ring (bicyclic) bond motifs is 1. The summed E-state index contributed by atoms with van der Waals surface area (Å²) in [5.74, 6) is 0.573. The number of hydrogen-bond acceptors (Lipinski definition) is 6. The third kappa shape index (κ3) is 4.66. The van der Waals surface area contributed by atoms with E-state index in [9.17, 15) is 9.59 Å². The lowest BCUT2D eigenvalue weighted by Crippen LogP contribution is -2.29. The van der Waals surface area contributed by atoms with Crippen LogP contribution in [-0.4, -0.2) is 31.2 Å². The second-order valence-electron chi connectivity index (χ2n) is 5.40. The molecule has 0 radical (unpaired) electrons. The first-order valence-electron chi connectivity index (χ1n) is 7.86. The molecule has 136 valence electrons. The molecule has 3 rings (SSSR count). The number of anilines is 1. The van der Waals surface area contributed by atoms with Crippen LogP contribution in [0.4, 0.5) is 5.69 Å². The van der Waals surface area contributed by atoms with Crippen LogP contribution in [0.5, 0.6) is 11.5 Å². The van der Waals surface area contributed by atoms with E-state index in [1.54, 1.807) is 30.3 Å². The summed E-state index contributed by atoms with van der Waals surface area (Å²) in [6.07, 6.45) is 1.68. The van der Waals surface area contributed by atoms with Gasteiger partial charge in [0.05, 0.1) is 0 Å². The lowest BCUT2D eigenvalue weighted by molar-refractivity contribution is -0.148. The van der Waals surface area contributed by atoms with E-state index >= 15 is 0 Å². The maximum Gasteiger partial charge on any atom is 0.331 e. The summed E-state index contributed by atoms with van der Waals surface area (Å²) < 4.78 is 21.7. The van der Waals surface area contributed by atoms with E-state index in [0.29, 0.717) is 40.8 Å². The van der Waals surface area contributed by atoms with Gasteiger partial charge >= 0.3 is 5.97 Å². The van der Waals surface area contributed by atoms with Gasteiger partial charge in [-0.15, -0.1) is 0 Å². The van der Waals surface area contributed by atoms with Gasteiger partial charge in [-0.05, 0) is 53.2 Å². The highest BCUT2D eigenvalue weighted by molar-refractivity contribution is 9.10. The third-order valence-electron chi connectivity index (χ3n) is 3.45. The first-order chi connectivity index (χ1) is 12.5. The fourth-order valence-electron chi connectivity index (χ4n) is 2.20. The minimum Gasteiger partial charge on any atom is -0.486 e. The number of ether oxygens (including phenoxy) is 3. The zero-order valence-electron chi connectivity index (χ0n) is 13.9. The van der Waals surface area contributed by atoms with Crippen molar-refractivity contribution in [2.45, 2.75) is 13.0 Å². The summed E-state index contributed by atoms with van der Waals surface area (Å²) >= 11 is 3.17. The molecule has 1 aromatic heterocycles. The van der Waals surface area contributed by atoms with E-state index in [2.05, 4.69) is 21.2 Å². The third-order valence-corrected chi connectivity index (χ3v) is 3.88. The molecule has 0 fully saturated rings. The van der Waals surface area contributed by atoms with Gasteiger partial charge in [0.2, 0.25) is 0 Å². The molecule has 0 saturated carbocycles. The zero-order chi connectivity index (χ0) is 18.5. The molecule has 1 aliphatic rings. The highest BCUT2D eigenvalue weighted by Crippen LogP contribution is 2.32. The molecule has 7 nitrogen and oxygen atoms in total. The van der Waals surface area contributed by atoms with Crippen molar-refractivity contribution < 1.29 is 28.2 Å². The van der Waals surface area contributed by atoms with Gasteiger partial charge in [-0.1, -0.05) is 0 Å². The molecule has 1 amide bonds. The molecule has 0 spiro atoms. The highest BCUT2D eigenvalue weighted by atomic mass is 79.9. The Morgan fingerprint density at radius 2 is 1.96 bits per heavy atom. The van der Waals surface area contributed by atoms with E-state index in [-0.39, 0.29) is 0 Å². The first-order valence-corrected chi connectivity index (χ1v) is 8.65. The number of benzene rings is 1. The molecular weight excluding hydrogens is 406 g/mol. The molecule has 0 aliphatic carbocycles. The van der Waals surface area contributed by atoms with Gasteiger partial charge < -0.3 is 23.9 Å². The highest BCUT2D eigenvalue weighted by Gasteiger charge is 2.18. The van der Waals surface area contributed by atoms with Gasteiger partial charge in [0, 0.05) is 17.8 Å². The fourth-order valence-corrected chi connectivity index (χ4v) is 2.52. The molecule has 1 aromatic carbocycles. The number of rotatable bonds is 5. The monoisotopic (exact) mass is 421 g/mol. The van der Waals surface area contributed by atoms with Crippen molar-refractivity contribution in [1.29, 1.82) is 0 Å². The number of furan rings is 1. The van der Waals surface area contributed by atoms with Crippen molar-refractivity contribution in [1.82, 2.24) is 0 Å². The topological polar surface area (TPSA) is 87.0 Å². The average molecular weight is 422 g/mol. The number of carbonyl (C=O) groups is 2. The largest absolute Gasteiger partial charge is 0.486 e. The average Bonchev–Trinajstić information content (AvgIpc) is 3.05. The molecule has 1 N–H and O–H groups in total. The molecule has 2 heterocycles. The minimum atomic E-state index is -0.969. The normalized spacial score (nSPS) is 14.1. The quantitative estimate of drug-likeness (QED) is 0.587. The van der Waals surface area contributed by atoms with Crippen LogP contribution in [0.3, 0.4) is 0 Å². The molecule has 2 aromatic rings. The van der Waals surface area contributed by atoms with E-state index in [1.807, 2.05) is 0 Å². The maximum atomic E-state index is 12.2. The summed E-state index contributed by atoms with van der Waals surface area (Å²) in [6, 6.07) is 8.45. The predicted octanol–water partition coefficient (Wildman–Crippen LogP) is 3.40. The Balaban J connectivity index is 1.54. The van der Waals surface area contributed by atoms with Crippen LogP contribution < -0.4 is 14.8 Å². The van der Waals surface area contributed by atoms with Gasteiger partial charge in [0.25, 0.3) is 5.91 Å². The van der Waals surface area contributed by atoms with Crippen molar-refractivity contribution >= 4 is 39.6 Å². The van der Waals surface area contributed by atoms with Gasteiger partial charge in [-0.3, -0.25) is 4.79 Å².